The largest absolute Gasteiger partial charge is 0.494 e. The number of aromatic nitrogens is 8. The van der Waals surface area contributed by atoms with Crippen LogP contribution in [0.1, 0.15) is 46.8 Å². The fourth-order valence-corrected chi connectivity index (χ4v) is 9.85. The van der Waals surface area contributed by atoms with Gasteiger partial charge in [0.15, 0.2) is 42.8 Å². The van der Waals surface area contributed by atoms with Crippen molar-refractivity contribution in [3.8, 4) is 57.5 Å². The van der Waals surface area contributed by atoms with Crippen LogP contribution in [0.25, 0.3) is 34.5 Å². The normalized spacial score (nSPS) is 12.5. The zero-order valence-corrected chi connectivity index (χ0v) is 40.0. The van der Waals surface area contributed by atoms with E-state index in [1.54, 1.807) is 74.5 Å². The molecular weight excluding hydrogens is 959 g/mol. The second kappa shape index (κ2) is 21.4. The Labute approximate surface area is 400 Å². The van der Waals surface area contributed by atoms with Crippen LogP contribution in [0, 0.1) is 25.5 Å². The third-order valence-electron chi connectivity index (χ3n) is 10.3. The summed E-state index contributed by atoms with van der Waals surface area (Å²) >= 11 is 0. The summed E-state index contributed by atoms with van der Waals surface area (Å²) in [5.74, 6) is 0.501. The van der Waals surface area contributed by atoms with Crippen molar-refractivity contribution in [3.05, 3.63) is 144 Å². The van der Waals surface area contributed by atoms with Crippen LogP contribution in [0.2, 0.25) is 0 Å². The van der Waals surface area contributed by atoms with Crippen molar-refractivity contribution in [1.29, 1.82) is 0 Å². The van der Waals surface area contributed by atoms with Crippen molar-refractivity contribution >= 4 is 19.7 Å². The number of halogens is 2. The predicted molar refractivity (Wildman–Crippen MR) is 247 cm³/mol. The molecule has 0 saturated carbocycles. The molecule has 0 radical (unpaired) electrons. The Morgan fingerprint density at radius 3 is 1.19 bits per heavy atom. The van der Waals surface area contributed by atoms with E-state index in [1.807, 2.05) is 0 Å². The molecule has 0 fully saturated rings. The SMILES string of the molecule is COc1cccc(OC)c1-n1c(CS(=O)(=O)C[C@H](O)c2ccc(F)cn2)nnc1-c1ccc(C)o1.COc1cccc(OC)c1-n1c(CS(=O)(=O)C[C@H](O)c2ccc(F)cn2)nnc1-c1ccc(C)o1. The summed E-state index contributed by atoms with van der Waals surface area (Å²) in [5.41, 5.74) is 0.846. The van der Waals surface area contributed by atoms with Gasteiger partial charge in [0.05, 0.1) is 63.7 Å². The number of sulfone groups is 2. The van der Waals surface area contributed by atoms with E-state index in [4.69, 9.17) is 27.8 Å². The Morgan fingerprint density at radius 2 is 0.900 bits per heavy atom. The number of rotatable bonds is 18. The van der Waals surface area contributed by atoms with E-state index in [1.165, 1.54) is 49.7 Å². The maximum absolute atomic E-state index is 13.1. The first kappa shape index (κ1) is 50.3. The third kappa shape index (κ3) is 11.5. The molecule has 368 valence electrons. The van der Waals surface area contributed by atoms with E-state index in [2.05, 4.69) is 30.4 Å². The molecule has 0 amide bonds. The molecule has 6 aromatic heterocycles. The summed E-state index contributed by atoms with van der Waals surface area (Å²) in [4.78, 5) is 7.52. The van der Waals surface area contributed by atoms with Crippen molar-refractivity contribution in [1.82, 2.24) is 39.5 Å². The topological polar surface area (TPSA) is 259 Å². The second-order valence-corrected chi connectivity index (χ2v) is 19.6. The molecule has 2 aromatic carbocycles. The summed E-state index contributed by atoms with van der Waals surface area (Å²) < 4.78 is 115. The van der Waals surface area contributed by atoms with Gasteiger partial charge in [-0.2, -0.15) is 0 Å². The zero-order valence-electron chi connectivity index (χ0n) is 38.3. The molecule has 0 bridgehead atoms. The van der Waals surface area contributed by atoms with Gasteiger partial charge < -0.3 is 38.0 Å². The van der Waals surface area contributed by atoms with E-state index in [0.29, 0.717) is 57.4 Å². The van der Waals surface area contributed by atoms with Gasteiger partial charge in [0.2, 0.25) is 11.6 Å². The fourth-order valence-electron chi connectivity index (χ4n) is 7.15. The van der Waals surface area contributed by atoms with E-state index in [9.17, 15) is 35.8 Å². The van der Waals surface area contributed by atoms with Gasteiger partial charge in [0.25, 0.3) is 0 Å². The Morgan fingerprint density at radius 1 is 0.543 bits per heavy atom. The molecule has 6 heterocycles. The van der Waals surface area contributed by atoms with Gasteiger partial charge in [0.1, 0.15) is 81.2 Å². The van der Waals surface area contributed by atoms with Gasteiger partial charge in [0, 0.05) is 0 Å². The zero-order chi connectivity index (χ0) is 50.3. The van der Waals surface area contributed by atoms with Crippen molar-refractivity contribution < 1.29 is 63.6 Å². The number of aryl methyl sites for hydroxylation is 2. The number of para-hydroxylation sites is 2. The molecule has 0 saturated heterocycles. The van der Waals surface area contributed by atoms with Crippen molar-refractivity contribution in [2.75, 3.05) is 39.9 Å². The lowest BCUT2D eigenvalue weighted by Gasteiger charge is -2.17. The van der Waals surface area contributed by atoms with Crippen LogP contribution in [0.5, 0.6) is 23.0 Å². The Hall–Kier alpha value is -7.54. The van der Waals surface area contributed by atoms with Crippen LogP contribution < -0.4 is 18.9 Å². The molecule has 24 heteroatoms. The highest BCUT2D eigenvalue weighted by Crippen LogP contribution is 2.39. The van der Waals surface area contributed by atoms with Crippen LogP contribution in [-0.2, 0) is 31.2 Å². The van der Waals surface area contributed by atoms with Crippen molar-refractivity contribution in [2.24, 2.45) is 0 Å². The van der Waals surface area contributed by atoms with Gasteiger partial charge in [-0.25, -0.2) is 25.6 Å². The van der Waals surface area contributed by atoms with Crippen LogP contribution in [-0.4, -0.2) is 106 Å². The van der Waals surface area contributed by atoms with Crippen LogP contribution in [0.15, 0.2) is 106 Å². The number of hydrogen-bond acceptors (Lipinski definition) is 18. The van der Waals surface area contributed by atoms with Crippen molar-refractivity contribution in [3.63, 3.8) is 0 Å². The molecule has 20 nitrogen and oxygen atoms in total. The average Bonchev–Trinajstić information content (AvgIpc) is 4.15. The van der Waals surface area contributed by atoms with Crippen molar-refractivity contribution in [2.45, 2.75) is 37.6 Å². The molecule has 0 spiro atoms. The van der Waals surface area contributed by atoms with Gasteiger partial charge in [-0.3, -0.25) is 19.1 Å². The number of hydrogen-bond donors (Lipinski definition) is 2. The van der Waals surface area contributed by atoms with E-state index in [0.717, 1.165) is 24.5 Å². The number of ether oxygens (including phenoxy) is 4. The molecule has 8 aromatic rings. The number of furan rings is 2. The smallest absolute Gasteiger partial charge is 0.204 e. The maximum Gasteiger partial charge on any atom is 0.204 e. The number of pyridine rings is 2. The van der Waals surface area contributed by atoms with E-state index >= 15 is 0 Å². The lowest BCUT2D eigenvalue weighted by molar-refractivity contribution is 0.196. The summed E-state index contributed by atoms with van der Waals surface area (Å²) in [6, 6.07) is 21.8. The Balaban J connectivity index is 0.000000206. The van der Waals surface area contributed by atoms with Crippen LogP contribution in [0.4, 0.5) is 8.78 Å². The van der Waals surface area contributed by atoms with E-state index < -0.39 is 66.5 Å². The quantitative estimate of drug-likeness (QED) is 0.0988. The number of nitrogens with zero attached hydrogens (tertiary/aromatic N) is 8. The lowest BCUT2D eigenvalue weighted by Crippen LogP contribution is -2.19. The summed E-state index contributed by atoms with van der Waals surface area (Å²) in [6.07, 6.45) is -1.09. The average molecular weight is 1010 g/mol. The number of benzene rings is 2. The predicted octanol–water partition coefficient (Wildman–Crippen LogP) is 6.07. The summed E-state index contributed by atoms with van der Waals surface area (Å²) in [7, 11) is -1.99. The highest BCUT2D eigenvalue weighted by atomic mass is 32.2. The number of aliphatic hydroxyl groups excluding tert-OH is 2. The van der Waals surface area contributed by atoms with Gasteiger partial charge in [-0.1, -0.05) is 12.1 Å². The first-order chi connectivity index (χ1) is 33.4. The minimum Gasteiger partial charge on any atom is -0.494 e. The van der Waals surface area contributed by atoms with Gasteiger partial charge >= 0.3 is 0 Å². The third-order valence-corrected chi connectivity index (χ3v) is 13.4. The van der Waals surface area contributed by atoms with Gasteiger partial charge in [-0.15, -0.1) is 20.4 Å². The highest BCUT2D eigenvalue weighted by Gasteiger charge is 2.31. The lowest BCUT2D eigenvalue weighted by atomic mass is 10.2. The minimum atomic E-state index is -3.94. The monoisotopic (exact) mass is 1000 g/mol. The summed E-state index contributed by atoms with van der Waals surface area (Å²) in [6.45, 7) is 3.54. The molecule has 0 aliphatic heterocycles. The molecule has 0 aliphatic rings. The molecular formula is C46H46F2N8O12S2. The first-order valence-electron chi connectivity index (χ1n) is 20.9. The molecule has 70 heavy (non-hydrogen) atoms. The molecule has 0 unspecified atom stereocenters. The van der Waals surface area contributed by atoms with Crippen LogP contribution in [0.3, 0.4) is 0 Å². The molecule has 8 rings (SSSR count). The Kier molecular flexibility index (Phi) is 15.4. The van der Waals surface area contributed by atoms with Crippen LogP contribution >= 0.6 is 0 Å². The maximum atomic E-state index is 13.1. The fraction of sp³-hybridized carbons (Fsp3) is 0.261. The molecule has 0 aliphatic carbocycles. The standard InChI is InChI=1S/2C23H23FN4O6S/c2*1-14-7-10-20(34-14)23-27-26-21(28(23)22-18(32-2)5-4-6-19(22)33-3)13-35(30,31)12-17(29)16-9-8-15(24)11-25-16/h2*4-11,17,29H,12-13H2,1-3H3/t2*17-/m00/s1. The van der Waals surface area contributed by atoms with Gasteiger partial charge in [-0.05, 0) is 86.6 Å². The molecule has 2 N–H and O–H groups in total. The number of aliphatic hydroxyl groups is 2. The first-order valence-corrected chi connectivity index (χ1v) is 24.5. The second-order valence-electron chi connectivity index (χ2n) is 15.3. The molecule has 2 atom stereocenters. The minimum absolute atomic E-state index is 0.0367. The number of methoxy groups -OCH3 is 4. The Bertz CT molecular complexity index is 3040. The summed E-state index contributed by atoms with van der Waals surface area (Å²) in [5, 5.41) is 37.4. The van der Waals surface area contributed by atoms with E-state index in [-0.39, 0.29) is 34.7 Å². The highest BCUT2D eigenvalue weighted by molar-refractivity contribution is 7.90.